The van der Waals surface area contributed by atoms with E-state index in [4.69, 9.17) is 19.3 Å². The lowest BCUT2D eigenvalue weighted by Crippen LogP contribution is -2.31. The van der Waals surface area contributed by atoms with Crippen LogP contribution in [0.25, 0.3) is 0 Å². The summed E-state index contributed by atoms with van der Waals surface area (Å²) < 4.78 is 37.2. The van der Waals surface area contributed by atoms with E-state index in [1.807, 2.05) is 0 Å². The molecule has 24 heavy (non-hydrogen) atoms. The summed E-state index contributed by atoms with van der Waals surface area (Å²) in [4.78, 5) is 23.7. The molecule has 1 atom stereocenters. The Kier molecular flexibility index (Phi) is 5.42. The van der Waals surface area contributed by atoms with Gasteiger partial charge in [0.25, 0.3) is 5.91 Å². The summed E-state index contributed by atoms with van der Waals surface area (Å²) in [6.07, 6.45) is 0.0319. The van der Waals surface area contributed by atoms with E-state index < -0.39 is 28.0 Å². The van der Waals surface area contributed by atoms with E-state index in [0.717, 1.165) is 6.26 Å². The fourth-order valence-corrected chi connectivity index (χ4v) is 2.23. The third-order valence-corrected chi connectivity index (χ3v) is 3.88. The molecule has 130 valence electrons. The Labute approximate surface area is 138 Å². The molecule has 1 aliphatic rings. The average molecular weight is 356 g/mol. The quantitative estimate of drug-likeness (QED) is 0.714. The number of carbonyl (C=O) groups is 2. The number of sulfonamides is 1. The van der Waals surface area contributed by atoms with Crippen LogP contribution in [0.3, 0.4) is 0 Å². The van der Waals surface area contributed by atoms with Crippen molar-refractivity contribution < 1.29 is 32.2 Å². The van der Waals surface area contributed by atoms with Gasteiger partial charge in [-0.05, 0) is 31.2 Å². The fraction of sp³-hybridized carbons (Fsp3) is 0.286. The third-order valence-electron chi connectivity index (χ3n) is 2.95. The zero-order valence-electron chi connectivity index (χ0n) is 12.7. The number of primary sulfonamides is 1. The highest BCUT2D eigenvalue weighted by atomic mass is 32.2. The first-order valence-electron chi connectivity index (χ1n) is 6.86. The van der Waals surface area contributed by atoms with Crippen molar-refractivity contribution in [1.29, 1.82) is 0 Å². The van der Waals surface area contributed by atoms with E-state index in [1.165, 1.54) is 31.2 Å². The summed E-state index contributed by atoms with van der Waals surface area (Å²) in [6, 6.07) is 5.24. The second-order valence-electron chi connectivity index (χ2n) is 4.81. The van der Waals surface area contributed by atoms with Crippen molar-refractivity contribution in [3.63, 3.8) is 0 Å². The number of ether oxygens (including phenoxy) is 3. The van der Waals surface area contributed by atoms with Crippen molar-refractivity contribution in [3.05, 3.63) is 36.3 Å². The number of rotatable bonds is 5. The van der Waals surface area contributed by atoms with Gasteiger partial charge in [0.1, 0.15) is 19.5 Å². The molecule has 1 aromatic carbocycles. The molecule has 2 rings (SSSR count). The maximum atomic E-state index is 12.0. The highest BCUT2D eigenvalue weighted by Crippen LogP contribution is 2.14. The molecule has 3 N–H and O–H groups in total. The molecule has 1 aliphatic heterocycles. The first kappa shape index (κ1) is 17.8. The van der Waals surface area contributed by atoms with Crippen LogP contribution in [0.4, 0.5) is 5.69 Å². The van der Waals surface area contributed by atoms with Crippen LogP contribution in [0.1, 0.15) is 6.92 Å². The predicted octanol–water partition coefficient (Wildman–Crippen LogP) is 0.0924. The van der Waals surface area contributed by atoms with Crippen LogP contribution in [0.5, 0.6) is 0 Å². The van der Waals surface area contributed by atoms with Gasteiger partial charge >= 0.3 is 5.97 Å². The van der Waals surface area contributed by atoms with Crippen molar-refractivity contribution in [3.8, 4) is 0 Å². The Bertz CT molecular complexity index is 756. The largest absolute Gasteiger partial charge is 0.493 e. The average Bonchev–Trinajstić information content (AvgIpc) is 2.55. The second-order valence-corrected chi connectivity index (χ2v) is 6.37. The molecule has 0 saturated carbocycles. The number of nitrogens with two attached hydrogens (primary N) is 1. The van der Waals surface area contributed by atoms with Gasteiger partial charge in [-0.3, -0.25) is 4.79 Å². The molecule has 0 saturated heterocycles. The maximum Gasteiger partial charge on any atom is 0.377 e. The Balaban J connectivity index is 1.93. The zero-order valence-corrected chi connectivity index (χ0v) is 13.5. The summed E-state index contributed by atoms with van der Waals surface area (Å²) >= 11 is 0. The van der Waals surface area contributed by atoms with Gasteiger partial charge < -0.3 is 19.5 Å². The molecule has 0 bridgehead atoms. The smallest absolute Gasteiger partial charge is 0.377 e. The van der Waals surface area contributed by atoms with Gasteiger partial charge in [0.05, 0.1) is 4.90 Å². The molecule has 0 spiro atoms. The van der Waals surface area contributed by atoms with Gasteiger partial charge in [0, 0.05) is 5.69 Å². The number of carbonyl (C=O) groups excluding carboxylic acids is 2. The number of amides is 1. The monoisotopic (exact) mass is 356 g/mol. The Morgan fingerprint density at radius 3 is 2.46 bits per heavy atom. The number of anilines is 1. The first-order chi connectivity index (χ1) is 11.3. The molecule has 0 unspecified atom stereocenters. The Morgan fingerprint density at radius 1 is 1.25 bits per heavy atom. The van der Waals surface area contributed by atoms with Crippen molar-refractivity contribution in [2.45, 2.75) is 17.9 Å². The summed E-state index contributed by atoms with van der Waals surface area (Å²) in [5, 5.41) is 7.47. The minimum Gasteiger partial charge on any atom is -0.493 e. The molecule has 0 fully saturated rings. The number of nitrogens with one attached hydrogen (secondary N) is 1. The number of esters is 1. The highest BCUT2D eigenvalue weighted by molar-refractivity contribution is 7.89. The fourth-order valence-electron chi connectivity index (χ4n) is 1.72. The van der Waals surface area contributed by atoms with Crippen molar-refractivity contribution in [1.82, 2.24) is 0 Å². The van der Waals surface area contributed by atoms with Crippen molar-refractivity contribution in [2.24, 2.45) is 5.14 Å². The highest BCUT2D eigenvalue weighted by Gasteiger charge is 2.23. The normalized spacial score (nSPS) is 15.3. The lowest BCUT2D eigenvalue weighted by Gasteiger charge is -2.17. The number of hydrogen-bond acceptors (Lipinski definition) is 7. The summed E-state index contributed by atoms with van der Waals surface area (Å²) in [5.74, 6) is -1.52. The molecule has 9 nitrogen and oxygen atoms in total. The van der Waals surface area contributed by atoms with E-state index in [9.17, 15) is 18.0 Å². The van der Waals surface area contributed by atoms with Gasteiger partial charge in [-0.15, -0.1) is 0 Å². The van der Waals surface area contributed by atoms with E-state index >= 15 is 0 Å². The van der Waals surface area contributed by atoms with Gasteiger partial charge in [0.2, 0.25) is 15.8 Å². The molecule has 0 aromatic heterocycles. The van der Waals surface area contributed by atoms with Crippen LogP contribution in [0.2, 0.25) is 0 Å². The molecule has 0 radical (unpaired) electrons. The minimum absolute atomic E-state index is 0.0821. The van der Waals surface area contributed by atoms with E-state index in [0.29, 0.717) is 12.3 Å². The Hall–Kier alpha value is -2.59. The van der Waals surface area contributed by atoms with Crippen LogP contribution in [0, 0.1) is 0 Å². The van der Waals surface area contributed by atoms with Gasteiger partial charge in [-0.1, -0.05) is 0 Å². The predicted molar refractivity (Wildman–Crippen MR) is 82.0 cm³/mol. The summed E-state index contributed by atoms with van der Waals surface area (Å²) in [7, 11) is -3.81. The standard InChI is InChI=1S/C14H16N2O7S/c1-9(23-14(18)12-8-21-6-7-22-12)13(17)16-10-2-4-11(5-3-10)24(15,19)20/h2-5,8-9H,6-7H2,1H3,(H,16,17)(H2,15,19,20)/t9-/m0/s1. The number of benzene rings is 1. The van der Waals surface area contributed by atoms with E-state index in [1.54, 1.807) is 0 Å². The zero-order chi connectivity index (χ0) is 17.7. The molecule has 0 aliphatic carbocycles. The SMILES string of the molecule is C[C@H](OC(=O)C1=COCCO1)C(=O)Nc1ccc(S(N)(=O)=O)cc1. The van der Waals surface area contributed by atoms with Crippen LogP contribution in [-0.4, -0.2) is 39.6 Å². The lowest BCUT2D eigenvalue weighted by atomic mass is 10.3. The van der Waals surface area contributed by atoms with E-state index in [2.05, 4.69) is 5.32 Å². The van der Waals surface area contributed by atoms with Gasteiger partial charge in [0.15, 0.2) is 6.10 Å². The van der Waals surface area contributed by atoms with Gasteiger partial charge in [-0.2, -0.15) is 0 Å². The molecule has 1 aromatic rings. The second kappa shape index (κ2) is 7.32. The van der Waals surface area contributed by atoms with Crippen molar-refractivity contribution in [2.75, 3.05) is 18.5 Å². The van der Waals surface area contributed by atoms with Crippen LogP contribution < -0.4 is 10.5 Å². The molecular weight excluding hydrogens is 340 g/mol. The summed E-state index contributed by atoms with van der Waals surface area (Å²) in [6.45, 7) is 1.94. The number of hydrogen-bond donors (Lipinski definition) is 2. The maximum absolute atomic E-state index is 12.0. The van der Waals surface area contributed by atoms with Crippen LogP contribution >= 0.6 is 0 Å². The molecule has 1 amide bonds. The molecule has 10 heteroatoms. The first-order valence-corrected chi connectivity index (χ1v) is 8.41. The topological polar surface area (TPSA) is 134 Å². The molecular formula is C14H16N2O7S. The third kappa shape index (κ3) is 4.70. The van der Waals surface area contributed by atoms with Crippen molar-refractivity contribution >= 4 is 27.6 Å². The summed E-state index contributed by atoms with van der Waals surface area (Å²) in [5.41, 5.74) is 0.326. The Morgan fingerprint density at radius 2 is 1.92 bits per heavy atom. The van der Waals surface area contributed by atoms with Crippen LogP contribution in [0.15, 0.2) is 41.2 Å². The molecule has 1 heterocycles. The lowest BCUT2D eigenvalue weighted by molar-refractivity contribution is -0.153. The van der Waals surface area contributed by atoms with E-state index in [-0.39, 0.29) is 17.3 Å². The minimum atomic E-state index is -3.81. The van der Waals surface area contributed by atoms with Crippen LogP contribution in [-0.2, 0) is 33.8 Å². The van der Waals surface area contributed by atoms with Gasteiger partial charge in [-0.25, -0.2) is 18.4 Å².